The summed E-state index contributed by atoms with van der Waals surface area (Å²) in [6.45, 7) is 19.6. The molecule has 5 rings (SSSR count). The number of para-hydroxylation sites is 3. The lowest BCUT2D eigenvalue weighted by atomic mass is 10.1. The summed E-state index contributed by atoms with van der Waals surface area (Å²) in [6.07, 6.45) is 19.5. The smallest absolute Gasteiger partial charge is 0.159 e. The quantitative estimate of drug-likeness (QED) is 0.205. The van der Waals surface area contributed by atoms with E-state index in [0.717, 1.165) is 61.6 Å². The highest BCUT2D eigenvalue weighted by Gasteiger charge is 2.27. The number of anilines is 3. The van der Waals surface area contributed by atoms with Gasteiger partial charge in [0.1, 0.15) is 11.2 Å². The Hall–Kier alpha value is -5.48. The summed E-state index contributed by atoms with van der Waals surface area (Å²) in [4.78, 5) is 4.33. The molecule has 3 aromatic carbocycles. The molecule has 0 fully saturated rings. The molecule has 1 aromatic heterocycles. The van der Waals surface area contributed by atoms with Crippen LogP contribution >= 0.6 is 0 Å². The van der Waals surface area contributed by atoms with Crippen LogP contribution in [0.3, 0.4) is 0 Å². The van der Waals surface area contributed by atoms with Crippen molar-refractivity contribution in [1.29, 1.82) is 0 Å². The third kappa shape index (κ3) is 8.42. The van der Waals surface area contributed by atoms with Crippen LogP contribution in [0.1, 0.15) is 41.5 Å². The van der Waals surface area contributed by atoms with Gasteiger partial charge in [-0.3, -0.25) is 0 Å². The summed E-state index contributed by atoms with van der Waals surface area (Å²) in [5.74, 6) is 1.64. The topological polar surface area (TPSA) is 28.9 Å². The van der Waals surface area contributed by atoms with Gasteiger partial charge in [-0.05, 0) is 88.4 Å². The van der Waals surface area contributed by atoms with Crippen LogP contribution in [0.2, 0.25) is 0 Å². The molecule has 47 heavy (non-hydrogen) atoms. The monoisotopic (exact) mass is 624 g/mol. The van der Waals surface area contributed by atoms with Gasteiger partial charge in [0, 0.05) is 29.0 Å². The first kappa shape index (κ1) is 36.0. The molecule has 4 aromatic rings. The SMILES string of the molecule is C=C/C=C1\C(=C/C)OC(/C=C\C)=C(/C=C\C)N1c1ccccc1.C=C/C=c1/oc2c(N(C)c3ccccc3)cccc2/c1=C/C.CC. The lowest BCUT2D eigenvalue weighted by Gasteiger charge is -2.35. The second-order valence-corrected chi connectivity index (χ2v) is 10.1. The molecule has 0 spiro atoms. The van der Waals surface area contributed by atoms with E-state index in [1.54, 1.807) is 12.2 Å². The van der Waals surface area contributed by atoms with Crippen LogP contribution < -0.4 is 20.4 Å². The maximum Gasteiger partial charge on any atom is 0.159 e. The Morgan fingerprint density at radius 2 is 1.36 bits per heavy atom. The number of allylic oxidation sites excluding steroid dienone is 8. The van der Waals surface area contributed by atoms with Crippen LogP contribution in [0.15, 0.2) is 168 Å². The van der Waals surface area contributed by atoms with Gasteiger partial charge >= 0.3 is 0 Å². The standard InChI is InChI=1S/C21H23NO.C20H19NO.C2H6/c1-5-12-18-20(8-4)23-21(14-7-3)19(13-6-2)22(18)17-15-10-9-11-16-17;1-4-10-19-16(5-2)17-13-9-14-18(20(17)22-19)21(3)15-11-7-6-8-12-15;1-2/h5-16H,1H2,2-4H3;4-14H,1H2,2-3H3;1-2H3/b13-6-,14-7-,18-12+,20-8+;16-5-,19-10+;. The maximum absolute atomic E-state index is 6.10. The fourth-order valence-corrected chi connectivity index (χ4v) is 5.21. The Balaban J connectivity index is 0.000000243. The molecule has 242 valence electrons. The Morgan fingerprint density at radius 3 is 1.94 bits per heavy atom. The van der Waals surface area contributed by atoms with Crippen molar-refractivity contribution in [1.82, 2.24) is 0 Å². The van der Waals surface area contributed by atoms with E-state index in [2.05, 4.69) is 84.6 Å². The van der Waals surface area contributed by atoms with Crippen molar-refractivity contribution in [3.63, 3.8) is 0 Å². The first-order valence-electron chi connectivity index (χ1n) is 16.1. The summed E-state index contributed by atoms with van der Waals surface area (Å²) >= 11 is 0. The zero-order valence-electron chi connectivity index (χ0n) is 28.9. The molecule has 4 heteroatoms. The Bertz CT molecular complexity index is 1900. The van der Waals surface area contributed by atoms with Crippen molar-refractivity contribution < 1.29 is 9.15 Å². The molecule has 1 aliphatic heterocycles. The molecule has 0 bridgehead atoms. The molecule has 0 amide bonds. The third-order valence-electron chi connectivity index (χ3n) is 7.23. The van der Waals surface area contributed by atoms with Gasteiger partial charge in [0.05, 0.1) is 17.1 Å². The Morgan fingerprint density at radius 1 is 0.723 bits per heavy atom. The van der Waals surface area contributed by atoms with Gasteiger partial charge in [-0.1, -0.05) is 106 Å². The van der Waals surface area contributed by atoms with E-state index < -0.39 is 0 Å². The summed E-state index contributed by atoms with van der Waals surface area (Å²) in [6, 6.07) is 26.8. The number of benzene rings is 3. The van der Waals surface area contributed by atoms with Gasteiger partial charge < -0.3 is 19.0 Å². The van der Waals surface area contributed by atoms with Gasteiger partial charge in [-0.2, -0.15) is 0 Å². The molecule has 0 saturated carbocycles. The minimum absolute atomic E-state index is 0.815. The predicted octanol–water partition coefficient (Wildman–Crippen LogP) is 10.9. The summed E-state index contributed by atoms with van der Waals surface area (Å²) < 4.78 is 12.2. The first-order chi connectivity index (χ1) is 23.0. The molecule has 0 atom stereocenters. The molecular formula is C43H48N2O2. The third-order valence-corrected chi connectivity index (χ3v) is 7.23. The average Bonchev–Trinajstić information content (AvgIpc) is 3.48. The van der Waals surface area contributed by atoms with Gasteiger partial charge in [0.2, 0.25) is 0 Å². The van der Waals surface area contributed by atoms with Gasteiger partial charge in [0.25, 0.3) is 0 Å². The van der Waals surface area contributed by atoms with E-state index in [1.165, 1.54) is 0 Å². The molecule has 2 heterocycles. The fraction of sp³-hybridized carbons (Fsp3) is 0.163. The van der Waals surface area contributed by atoms with E-state index in [9.17, 15) is 0 Å². The van der Waals surface area contributed by atoms with Crippen molar-refractivity contribution in [2.75, 3.05) is 16.8 Å². The molecule has 0 N–H and O–H groups in total. The zero-order chi connectivity index (χ0) is 34.2. The minimum Gasteiger partial charge on any atom is -0.454 e. The van der Waals surface area contributed by atoms with Crippen LogP contribution in [0.4, 0.5) is 17.1 Å². The molecule has 1 aliphatic rings. The predicted molar refractivity (Wildman–Crippen MR) is 205 cm³/mol. The lowest BCUT2D eigenvalue weighted by Crippen LogP contribution is -2.28. The van der Waals surface area contributed by atoms with Crippen LogP contribution in [-0.4, -0.2) is 7.05 Å². The lowest BCUT2D eigenvalue weighted by molar-refractivity contribution is 0.312. The molecular weight excluding hydrogens is 576 g/mol. The van der Waals surface area contributed by atoms with Crippen molar-refractivity contribution in [3.8, 4) is 0 Å². The molecule has 0 saturated heterocycles. The second kappa shape index (κ2) is 18.5. The molecule has 0 aliphatic carbocycles. The van der Waals surface area contributed by atoms with Gasteiger partial charge in [-0.15, -0.1) is 0 Å². The van der Waals surface area contributed by atoms with Crippen molar-refractivity contribution >= 4 is 40.2 Å². The normalized spacial score (nSPS) is 15.5. The molecule has 0 unspecified atom stereocenters. The maximum atomic E-state index is 6.10. The molecule has 0 radical (unpaired) electrons. The average molecular weight is 625 g/mol. The summed E-state index contributed by atoms with van der Waals surface area (Å²) in [5, 5.41) is 2.23. The number of hydrogen-bond acceptors (Lipinski definition) is 4. The molecule has 4 nitrogen and oxygen atoms in total. The number of furan rings is 1. The summed E-state index contributed by atoms with van der Waals surface area (Å²) in [7, 11) is 2.05. The number of hydrogen-bond donors (Lipinski definition) is 0. The Kier molecular flexibility index (Phi) is 14.2. The Labute approximate surface area is 281 Å². The highest BCUT2D eigenvalue weighted by Crippen LogP contribution is 2.37. The number of ether oxygens (including phenoxy) is 1. The zero-order valence-corrected chi connectivity index (χ0v) is 28.9. The van der Waals surface area contributed by atoms with Gasteiger partial charge in [-0.25, -0.2) is 0 Å². The van der Waals surface area contributed by atoms with E-state index in [0.29, 0.717) is 0 Å². The van der Waals surface area contributed by atoms with Crippen molar-refractivity contribution in [2.45, 2.75) is 41.5 Å². The highest BCUT2D eigenvalue weighted by molar-refractivity contribution is 5.92. The van der Waals surface area contributed by atoms with Crippen molar-refractivity contribution in [3.05, 3.63) is 174 Å². The van der Waals surface area contributed by atoms with Crippen LogP contribution in [-0.2, 0) is 4.74 Å². The van der Waals surface area contributed by atoms with Crippen LogP contribution in [0.25, 0.3) is 23.1 Å². The van der Waals surface area contributed by atoms with Crippen LogP contribution in [0.5, 0.6) is 0 Å². The first-order valence-corrected chi connectivity index (χ1v) is 16.1. The highest BCUT2D eigenvalue weighted by atomic mass is 16.5. The van der Waals surface area contributed by atoms with E-state index in [4.69, 9.17) is 9.15 Å². The number of nitrogens with zero attached hydrogens (tertiary/aromatic N) is 2. The summed E-state index contributed by atoms with van der Waals surface area (Å²) in [5.41, 5.74) is 6.97. The number of fused-ring (bicyclic) bond motifs is 1. The number of rotatable bonds is 7. The van der Waals surface area contributed by atoms with E-state index in [1.807, 2.05) is 114 Å². The second-order valence-electron chi connectivity index (χ2n) is 10.1. The van der Waals surface area contributed by atoms with Crippen molar-refractivity contribution in [2.24, 2.45) is 0 Å². The van der Waals surface area contributed by atoms with E-state index >= 15 is 0 Å². The van der Waals surface area contributed by atoms with E-state index in [-0.39, 0.29) is 0 Å². The van der Waals surface area contributed by atoms with Crippen LogP contribution in [0, 0.1) is 0 Å². The minimum atomic E-state index is 0.815. The largest absolute Gasteiger partial charge is 0.454 e. The van der Waals surface area contributed by atoms with Gasteiger partial charge in [0.15, 0.2) is 11.3 Å². The fourth-order valence-electron chi connectivity index (χ4n) is 5.21.